The number of ether oxygens (including phenoxy) is 2. The third kappa shape index (κ3) is 5.21. The molecule has 1 aromatic carbocycles. The second-order valence-corrected chi connectivity index (χ2v) is 8.05. The van der Waals surface area contributed by atoms with Crippen LogP contribution in [-0.4, -0.2) is 34.0 Å². The van der Waals surface area contributed by atoms with Crippen molar-refractivity contribution in [3.8, 4) is 0 Å². The van der Waals surface area contributed by atoms with Gasteiger partial charge in [0.05, 0.1) is 19.0 Å². The zero-order chi connectivity index (χ0) is 16.2. The standard InChI is InChI=1S/C15H22ClNO4S/c1-12(9-15(2)20-7-8-21-15)10-17-22(18,19)11-13-5-3-4-6-14(13)16/h3-6,12,17H,7-11H2,1-2H3/t12-/m0/s1. The molecule has 2 rings (SSSR count). The first kappa shape index (κ1) is 17.7. The Morgan fingerprint density at radius 1 is 1.32 bits per heavy atom. The molecule has 7 heteroatoms. The second kappa shape index (κ2) is 7.27. The lowest BCUT2D eigenvalue weighted by atomic mass is 10.0. The van der Waals surface area contributed by atoms with Crippen molar-refractivity contribution in [3.63, 3.8) is 0 Å². The van der Waals surface area contributed by atoms with E-state index in [1.54, 1.807) is 24.3 Å². The van der Waals surface area contributed by atoms with Gasteiger partial charge in [-0.05, 0) is 24.5 Å². The first-order valence-electron chi connectivity index (χ1n) is 7.28. The molecule has 0 bridgehead atoms. The van der Waals surface area contributed by atoms with Crippen LogP contribution in [-0.2, 0) is 25.2 Å². The van der Waals surface area contributed by atoms with Crippen LogP contribution in [0, 0.1) is 5.92 Å². The van der Waals surface area contributed by atoms with Crippen LogP contribution in [0.15, 0.2) is 24.3 Å². The van der Waals surface area contributed by atoms with E-state index in [4.69, 9.17) is 21.1 Å². The van der Waals surface area contributed by atoms with Crippen molar-refractivity contribution in [2.75, 3.05) is 19.8 Å². The average molecular weight is 348 g/mol. The highest BCUT2D eigenvalue weighted by molar-refractivity contribution is 7.88. The predicted octanol–water partition coefficient (Wildman–Crippen LogP) is 2.55. The van der Waals surface area contributed by atoms with Crippen LogP contribution in [0.5, 0.6) is 0 Å². The summed E-state index contributed by atoms with van der Waals surface area (Å²) in [5.74, 6) is -0.624. The van der Waals surface area contributed by atoms with Crippen molar-refractivity contribution in [1.82, 2.24) is 4.72 Å². The van der Waals surface area contributed by atoms with Crippen LogP contribution in [0.3, 0.4) is 0 Å². The quantitative estimate of drug-likeness (QED) is 0.823. The van der Waals surface area contributed by atoms with E-state index in [-0.39, 0.29) is 11.7 Å². The van der Waals surface area contributed by atoms with Crippen LogP contribution < -0.4 is 4.72 Å². The van der Waals surface area contributed by atoms with Gasteiger partial charge in [-0.1, -0.05) is 36.7 Å². The lowest BCUT2D eigenvalue weighted by Gasteiger charge is -2.26. The lowest BCUT2D eigenvalue weighted by Crippen LogP contribution is -2.34. The maximum Gasteiger partial charge on any atom is 0.215 e. The molecule has 0 amide bonds. The summed E-state index contributed by atoms with van der Waals surface area (Å²) in [4.78, 5) is 0. The number of sulfonamides is 1. The van der Waals surface area contributed by atoms with E-state index >= 15 is 0 Å². The van der Waals surface area contributed by atoms with Crippen molar-refractivity contribution in [2.24, 2.45) is 5.92 Å². The summed E-state index contributed by atoms with van der Waals surface area (Å²) < 4.78 is 38.0. The SMILES string of the molecule is C[C@H](CNS(=O)(=O)Cc1ccccc1Cl)CC1(C)OCCO1. The summed E-state index contributed by atoms with van der Waals surface area (Å²) in [6.07, 6.45) is 0.640. The van der Waals surface area contributed by atoms with Gasteiger partial charge in [-0.25, -0.2) is 13.1 Å². The lowest BCUT2D eigenvalue weighted by molar-refractivity contribution is -0.153. The van der Waals surface area contributed by atoms with E-state index < -0.39 is 15.8 Å². The van der Waals surface area contributed by atoms with E-state index in [1.807, 2.05) is 13.8 Å². The Morgan fingerprint density at radius 2 is 1.95 bits per heavy atom. The van der Waals surface area contributed by atoms with Gasteiger partial charge in [0.2, 0.25) is 10.0 Å². The molecule has 0 aromatic heterocycles. The molecule has 0 aliphatic carbocycles. The highest BCUT2D eigenvalue weighted by Gasteiger charge is 2.32. The van der Waals surface area contributed by atoms with Crippen LogP contribution in [0.25, 0.3) is 0 Å². The minimum atomic E-state index is -3.42. The number of benzene rings is 1. The molecule has 5 nitrogen and oxygen atoms in total. The summed E-state index contributed by atoms with van der Waals surface area (Å²) in [6.45, 7) is 5.36. The van der Waals surface area contributed by atoms with Gasteiger partial charge in [-0.15, -0.1) is 0 Å². The smallest absolute Gasteiger partial charge is 0.215 e. The molecule has 1 aliphatic heterocycles. The van der Waals surface area contributed by atoms with Gasteiger partial charge in [0.25, 0.3) is 0 Å². The van der Waals surface area contributed by atoms with Crippen LogP contribution in [0.4, 0.5) is 0 Å². The van der Waals surface area contributed by atoms with Crippen molar-refractivity contribution in [1.29, 1.82) is 0 Å². The maximum absolute atomic E-state index is 12.1. The molecule has 1 aliphatic rings. The van der Waals surface area contributed by atoms with Gasteiger partial charge in [-0.3, -0.25) is 0 Å². The molecule has 22 heavy (non-hydrogen) atoms. The molecule has 1 saturated heterocycles. The van der Waals surface area contributed by atoms with Gasteiger partial charge in [0.15, 0.2) is 5.79 Å². The van der Waals surface area contributed by atoms with Gasteiger partial charge in [0.1, 0.15) is 0 Å². The third-order valence-corrected chi connectivity index (χ3v) is 5.24. The first-order valence-corrected chi connectivity index (χ1v) is 9.31. The minimum absolute atomic E-state index is 0.101. The molecule has 0 radical (unpaired) electrons. The van der Waals surface area contributed by atoms with Crippen molar-refractivity contribution < 1.29 is 17.9 Å². The fourth-order valence-electron chi connectivity index (χ4n) is 2.52. The van der Waals surface area contributed by atoms with E-state index in [9.17, 15) is 8.42 Å². The summed E-state index contributed by atoms with van der Waals surface area (Å²) in [5, 5.41) is 0.459. The zero-order valence-corrected chi connectivity index (χ0v) is 14.4. The number of rotatable bonds is 7. The third-order valence-electron chi connectivity index (χ3n) is 3.57. The summed E-state index contributed by atoms with van der Waals surface area (Å²) in [5.41, 5.74) is 0.596. The Balaban J connectivity index is 1.85. The molecule has 0 saturated carbocycles. The topological polar surface area (TPSA) is 64.6 Å². The predicted molar refractivity (Wildman–Crippen MR) is 86.2 cm³/mol. The zero-order valence-electron chi connectivity index (χ0n) is 12.8. The molecule has 0 unspecified atom stereocenters. The minimum Gasteiger partial charge on any atom is -0.348 e. The van der Waals surface area contributed by atoms with Crippen LogP contribution in [0.1, 0.15) is 25.8 Å². The number of halogens is 1. The fourth-order valence-corrected chi connectivity index (χ4v) is 4.10. The van der Waals surface area contributed by atoms with Gasteiger partial charge >= 0.3 is 0 Å². The van der Waals surface area contributed by atoms with Gasteiger partial charge in [0, 0.05) is 18.0 Å². The first-order chi connectivity index (χ1) is 10.3. The molecular weight excluding hydrogens is 326 g/mol. The molecule has 1 N–H and O–H groups in total. The van der Waals surface area contributed by atoms with Gasteiger partial charge < -0.3 is 9.47 Å². The normalized spacial score (nSPS) is 19.2. The second-order valence-electron chi connectivity index (χ2n) is 5.84. The number of nitrogens with one attached hydrogen (secondary N) is 1. The molecule has 1 heterocycles. The fraction of sp³-hybridized carbons (Fsp3) is 0.600. The summed E-state index contributed by atoms with van der Waals surface area (Å²) >= 11 is 6.00. The van der Waals surface area contributed by atoms with Crippen molar-refractivity contribution in [2.45, 2.75) is 31.8 Å². The Labute approximate surface area is 137 Å². The molecule has 0 spiro atoms. The maximum atomic E-state index is 12.1. The Bertz CT molecular complexity index is 599. The van der Waals surface area contributed by atoms with Crippen LogP contribution >= 0.6 is 11.6 Å². The monoisotopic (exact) mass is 347 g/mol. The highest BCUT2D eigenvalue weighted by Crippen LogP contribution is 2.26. The molecule has 1 fully saturated rings. The Morgan fingerprint density at radius 3 is 2.59 bits per heavy atom. The van der Waals surface area contributed by atoms with Crippen LogP contribution in [0.2, 0.25) is 5.02 Å². The molecular formula is C15H22ClNO4S. The Kier molecular flexibility index (Phi) is 5.85. The largest absolute Gasteiger partial charge is 0.348 e. The summed E-state index contributed by atoms with van der Waals surface area (Å²) in [7, 11) is -3.42. The van der Waals surface area contributed by atoms with Crippen molar-refractivity contribution >= 4 is 21.6 Å². The summed E-state index contributed by atoms with van der Waals surface area (Å²) in [6, 6.07) is 6.95. The number of hydrogen-bond acceptors (Lipinski definition) is 4. The molecule has 1 aromatic rings. The van der Waals surface area contributed by atoms with E-state index in [0.717, 1.165) is 0 Å². The van der Waals surface area contributed by atoms with Gasteiger partial charge in [-0.2, -0.15) is 0 Å². The average Bonchev–Trinajstić information content (AvgIpc) is 2.86. The molecule has 1 atom stereocenters. The van der Waals surface area contributed by atoms with E-state index in [0.29, 0.717) is 36.8 Å². The highest BCUT2D eigenvalue weighted by atomic mass is 35.5. The van der Waals surface area contributed by atoms with E-state index in [2.05, 4.69) is 4.72 Å². The van der Waals surface area contributed by atoms with E-state index in [1.165, 1.54) is 0 Å². The Hall–Kier alpha value is -0.660. The van der Waals surface area contributed by atoms with Crippen molar-refractivity contribution in [3.05, 3.63) is 34.9 Å². The molecule has 124 valence electrons. The number of hydrogen-bond donors (Lipinski definition) is 1.